The van der Waals surface area contributed by atoms with E-state index in [0.717, 1.165) is 58.1 Å². The van der Waals surface area contributed by atoms with Crippen LogP contribution in [-0.2, 0) is 10.9 Å². The number of morpholine rings is 1. The van der Waals surface area contributed by atoms with Gasteiger partial charge in [-0.3, -0.25) is 9.58 Å². The Morgan fingerprint density at radius 3 is 2.31 bits per heavy atom. The molecule has 2 aromatic rings. The summed E-state index contributed by atoms with van der Waals surface area (Å²) < 4.78 is 60.1. The molecule has 1 saturated carbocycles. The van der Waals surface area contributed by atoms with E-state index in [1.54, 1.807) is 10.9 Å². The Kier molecular flexibility index (Phi) is 5.48. The summed E-state index contributed by atoms with van der Waals surface area (Å²) in [6.07, 6.45) is 0.641. The molecule has 0 unspecified atom stereocenters. The quantitative estimate of drug-likeness (QED) is 0.780. The highest BCUT2D eigenvalue weighted by Gasteiger charge is 2.34. The van der Waals surface area contributed by atoms with E-state index in [2.05, 4.69) is 15.0 Å². The lowest BCUT2D eigenvalue weighted by Gasteiger charge is -2.38. The second-order valence-electron chi connectivity index (χ2n) is 7.55. The Bertz CT molecular complexity index is 855. The van der Waals surface area contributed by atoms with Crippen molar-refractivity contribution >= 4 is 5.69 Å². The van der Waals surface area contributed by atoms with Crippen LogP contribution in [0.2, 0.25) is 0 Å². The topological polar surface area (TPSA) is 69.2 Å². The van der Waals surface area contributed by atoms with Gasteiger partial charge >= 0.3 is 6.18 Å². The van der Waals surface area contributed by atoms with Crippen molar-refractivity contribution in [3.63, 3.8) is 0 Å². The van der Waals surface area contributed by atoms with Crippen LogP contribution in [0.15, 0.2) is 18.3 Å². The Hall–Kier alpha value is -2.20. The third-order valence-electron chi connectivity index (χ3n) is 5.72. The maximum absolute atomic E-state index is 14.2. The lowest BCUT2D eigenvalue weighted by atomic mass is 9.90. The third kappa shape index (κ3) is 4.23. The summed E-state index contributed by atoms with van der Waals surface area (Å²) >= 11 is 0. The molecule has 6 nitrogen and oxygen atoms in total. The van der Waals surface area contributed by atoms with E-state index in [0.29, 0.717) is 12.1 Å². The van der Waals surface area contributed by atoms with Crippen molar-refractivity contribution in [1.29, 1.82) is 0 Å². The molecule has 2 aromatic heterocycles. The van der Waals surface area contributed by atoms with E-state index in [4.69, 9.17) is 10.5 Å². The van der Waals surface area contributed by atoms with Gasteiger partial charge in [0.05, 0.1) is 24.9 Å². The smallest absolute Gasteiger partial charge is 0.396 e. The SMILES string of the molecule is Nc1cn([C@H]2CC[C@H](N3CCOCC3)CC2)nc1-c1nc(C(F)(F)F)ccc1F. The van der Waals surface area contributed by atoms with Crippen LogP contribution >= 0.6 is 0 Å². The molecule has 10 heteroatoms. The van der Waals surface area contributed by atoms with Crippen LogP contribution in [0.3, 0.4) is 0 Å². The molecule has 2 aliphatic rings. The summed E-state index contributed by atoms with van der Waals surface area (Å²) in [4.78, 5) is 5.88. The van der Waals surface area contributed by atoms with Crippen molar-refractivity contribution in [3.05, 3.63) is 29.8 Å². The number of pyridine rings is 1. The van der Waals surface area contributed by atoms with Gasteiger partial charge in [-0.1, -0.05) is 0 Å². The number of anilines is 1. The van der Waals surface area contributed by atoms with E-state index in [1.807, 2.05) is 0 Å². The molecule has 0 atom stereocenters. The highest BCUT2D eigenvalue weighted by Crippen LogP contribution is 2.35. The van der Waals surface area contributed by atoms with Gasteiger partial charge in [0, 0.05) is 25.3 Å². The monoisotopic (exact) mass is 413 g/mol. The van der Waals surface area contributed by atoms with Gasteiger partial charge < -0.3 is 10.5 Å². The van der Waals surface area contributed by atoms with Gasteiger partial charge in [0.1, 0.15) is 17.1 Å². The molecule has 158 valence electrons. The Labute approximate surface area is 165 Å². The van der Waals surface area contributed by atoms with Crippen LogP contribution in [0.4, 0.5) is 23.2 Å². The summed E-state index contributed by atoms with van der Waals surface area (Å²) in [5, 5.41) is 4.31. The predicted molar refractivity (Wildman–Crippen MR) is 98.5 cm³/mol. The van der Waals surface area contributed by atoms with Crippen LogP contribution in [0.1, 0.15) is 37.4 Å². The molecule has 0 aromatic carbocycles. The van der Waals surface area contributed by atoms with Gasteiger partial charge in [0.2, 0.25) is 0 Å². The number of aromatic nitrogens is 3. The van der Waals surface area contributed by atoms with Crippen molar-refractivity contribution < 1.29 is 22.3 Å². The first-order valence-electron chi connectivity index (χ1n) is 9.73. The molecular weight excluding hydrogens is 390 g/mol. The molecule has 0 bridgehead atoms. The second kappa shape index (κ2) is 7.91. The number of rotatable bonds is 3. The maximum Gasteiger partial charge on any atom is 0.433 e. The fraction of sp³-hybridized carbons (Fsp3) is 0.579. The Balaban J connectivity index is 1.50. The zero-order chi connectivity index (χ0) is 20.6. The predicted octanol–water partition coefficient (Wildman–Crippen LogP) is 3.50. The largest absolute Gasteiger partial charge is 0.433 e. The summed E-state index contributed by atoms with van der Waals surface area (Å²) in [5.74, 6) is -0.883. The van der Waals surface area contributed by atoms with Crippen molar-refractivity contribution in [2.24, 2.45) is 0 Å². The van der Waals surface area contributed by atoms with Gasteiger partial charge in [-0.15, -0.1) is 0 Å². The first kappa shape index (κ1) is 20.1. The number of halogens is 4. The van der Waals surface area contributed by atoms with Crippen LogP contribution in [-0.4, -0.2) is 52.0 Å². The maximum atomic E-state index is 14.2. The van der Waals surface area contributed by atoms with Crippen molar-refractivity contribution in [2.45, 2.75) is 43.9 Å². The number of ether oxygens (including phenoxy) is 1. The van der Waals surface area contributed by atoms with Crippen LogP contribution < -0.4 is 5.73 Å². The molecule has 1 saturated heterocycles. The van der Waals surface area contributed by atoms with E-state index < -0.39 is 23.4 Å². The molecule has 0 spiro atoms. The second-order valence-corrected chi connectivity index (χ2v) is 7.55. The van der Waals surface area contributed by atoms with E-state index in [1.165, 1.54) is 0 Å². The Morgan fingerprint density at radius 2 is 1.66 bits per heavy atom. The average Bonchev–Trinajstić information content (AvgIpc) is 3.10. The average molecular weight is 413 g/mol. The van der Waals surface area contributed by atoms with Crippen molar-refractivity contribution in [2.75, 3.05) is 32.0 Å². The van der Waals surface area contributed by atoms with Crippen LogP contribution in [0.25, 0.3) is 11.4 Å². The van der Waals surface area contributed by atoms with E-state index in [9.17, 15) is 17.6 Å². The molecule has 3 heterocycles. The van der Waals surface area contributed by atoms with Gasteiger partial charge in [-0.05, 0) is 37.8 Å². The van der Waals surface area contributed by atoms with Crippen molar-refractivity contribution in [3.8, 4) is 11.4 Å². The fourth-order valence-electron chi connectivity index (χ4n) is 4.17. The number of alkyl halides is 3. The number of nitrogens with zero attached hydrogens (tertiary/aromatic N) is 4. The Morgan fingerprint density at radius 1 is 1.00 bits per heavy atom. The minimum absolute atomic E-state index is 0.0519. The minimum Gasteiger partial charge on any atom is -0.396 e. The van der Waals surface area contributed by atoms with Crippen molar-refractivity contribution in [1.82, 2.24) is 19.7 Å². The summed E-state index contributed by atoms with van der Waals surface area (Å²) in [7, 11) is 0. The summed E-state index contributed by atoms with van der Waals surface area (Å²) in [5.41, 5.74) is 4.38. The van der Waals surface area contributed by atoms with Gasteiger partial charge in [-0.25, -0.2) is 9.37 Å². The number of nitrogen functional groups attached to an aromatic ring is 1. The number of hydrogen-bond donors (Lipinski definition) is 1. The summed E-state index contributed by atoms with van der Waals surface area (Å²) in [6.45, 7) is 3.40. The molecule has 0 amide bonds. The van der Waals surface area contributed by atoms with E-state index in [-0.39, 0.29) is 17.4 Å². The molecule has 1 aliphatic carbocycles. The van der Waals surface area contributed by atoms with Crippen LogP contribution in [0, 0.1) is 5.82 Å². The molecule has 2 fully saturated rings. The lowest BCUT2D eigenvalue weighted by molar-refractivity contribution is -0.141. The molecule has 0 radical (unpaired) electrons. The minimum atomic E-state index is -4.67. The summed E-state index contributed by atoms with van der Waals surface area (Å²) in [6, 6.07) is 1.94. The fourth-order valence-corrected chi connectivity index (χ4v) is 4.17. The normalized spacial score (nSPS) is 24.0. The first-order valence-corrected chi connectivity index (χ1v) is 9.73. The zero-order valence-electron chi connectivity index (χ0n) is 15.8. The van der Waals surface area contributed by atoms with Gasteiger partial charge in [0.15, 0.2) is 5.82 Å². The zero-order valence-corrected chi connectivity index (χ0v) is 15.8. The highest BCUT2D eigenvalue weighted by atomic mass is 19.4. The van der Waals surface area contributed by atoms with E-state index >= 15 is 0 Å². The molecule has 29 heavy (non-hydrogen) atoms. The van der Waals surface area contributed by atoms with Gasteiger partial charge in [0.25, 0.3) is 0 Å². The molecule has 4 rings (SSSR count). The third-order valence-corrected chi connectivity index (χ3v) is 5.72. The first-order chi connectivity index (χ1) is 13.8. The highest BCUT2D eigenvalue weighted by molar-refractivity contribution is 5.69. The molecular formula is C19H23F4N5O. The molecule has 1 aliphatic heterocycles. The van der Waals surface area contributed by atoms with Crippen LogP contribution in [0.5, 0.6) is 0 Å². The molecule has 2 N–H and O–H groups in total. The number of nitrogens with two attached hydrogens (primary N) is 1. The van der Waals surface area contributed by atoms with Gasteiger partial charge in [-0.2, -0.15) is 18.3 Å². The lowest BCUT2D eigenvalue weighted by Crippen LogP contribution is -2.45. The number of hydrogen-bond acceptors (Lipinski definition) is 5. The standard InChI is InChI=1S/C19H23F4N5O/c20-14-5-6-16(19(21,22)23)25-17(14)18-15(24)11-28(26-18)13-3-1-12(2-4-13)27-7-9-29-10-8-27/h5-6,11-13H,1-4,7-10,24H2/t12-,13-.